The maximum absolute atomic E-state index is 13.1. The molecule has 0 saturated carbocycles. The summed E-state index contributed by atoms with van der Waals surface area (Å²) in [5, 5.41) is 3.30. The van der Waals surface area contributed by atoms with E-state index in [1.165, 1.54) is 12.1 Å². The number of benzene rings is 1. The van der Waals surface area contributed by atoms with Gasteiger partial charge in [0.2, 0.25) is 5.91 Å². The van der Waals surface area contributed by atoms with Crippen LogP contribution in [0.5, 0.6) is 0 Å². The van der Waals surface area contributed by atoms with Gasteiger partial charge in [-0.2, -0.15) is 0 Å². The fraction of sp³-hybridized carbons (Fsp3) is 0.556. The third kappa shape index (κ3) is 6.62. The molecule has 0 spiro atoms. The minimum absolute atomic E-state index is 0. The number of piperazine rings is 1. The second-order valence-corrected chi connectivity index (χ2v) is 6.22. The predicted molar refractivity (Wildman–Crippen MR) is 115 cm³/mol. The average molecular weight is 477 g/mol. The fourth-order valence-electron chi connectivity index (χ4n) is 2.74. The Hall–Kier alpha value is -1.58. The van der Waals surface area contributed by atoms with Gasteiger partial charge >= 0.3 is 0 Å². The first-order valence-electron chi connectivity index (χ1n) is 8.75. The van der Waals surface area contributed by atoms with E-state index in [0.717, 1.165) is 44.4 Å². The van der Waals surface area contributed by atoms with Crippen molar-refractivity contribution in [1.82, 2.24) is 15.1 Å². The molecular weight excluding hydrogens is 448 g/mol. The minimum atomic E-state index is -0.212. The molecule has 0 unspecified atom stereocenters. The largest absolute Gasteiger partial charge is 0.368 e. The summed E-state index contributed by atoms with van der Waals surface area (Å²) in [7, 11) is 3.51. The van der Waals surface area contributed by atoms with E-state index in [0.29, 0.717) is 13.0 Å². The Morgan fingerprint density at radius 2 is 1.81 bits per heavy atom. The molecule has 26 heavy (non-hydrogen) atoms. The number of rotatable bonds is 5. The molecule has 1 aromatic carbocycles. The van der Waals surface area contributed by atoms with Crippen LogP contribution in [0, 0.1) is 5.82 Å². The molecule has 0 radical (unpaired) electrons. The Balaban J connectivity index is 0.00000338. The van der Waals surface area contributed by atoms with E-state index in [2.05, 4.69) is 20.1 Å². The Labute approximate surface area is 172 Å². The van der Waals surface area contributed by atoms with Crippen molar-refractivity contribution in [2.45, 2.75) is 13.3 Å². The standard InChI is InChI=1S/C18H28FN5O.HI/c1-4-20-18(21-10-9-17(25)22(2)3)24-13-11-23(12-14-24)16-7-5-15(19)6-8-16;/h5-8H,4,9-14H2,1-3H3,(H,20,21);1H. The number of nitrogens with one attached hydrogen (secondary N) is 1. The van der Waals surface area contributed by atoms with Crippen LogP contribution in [-0.2, 0) is 4.79 Å². The Kier molecular flexibility index (Phi) is 9.68. The van der Waals surface area contributed by atoms with Gasteiger partial charge < -0.3 is 20.0 Å². The summed E-state index contributed by atoms with van der Waals surface area (Å²) in [6.07, 6.45) is 0.414. The van der Waals surface area contributed by atoms with Crippen molar-refractivity contribution < 1.29 is 9.18 Å². The number of anilines is 1. The first kappa shape index (κ1) is 22.5. The number of guanidine groups is 1. The van der Waals surface area contributed by atoms with Gasteiger partial charge in [-0.05, 0) is 31.2 Å². The van der Waals surface area contributed by atoms with Crippen molar-refractivity contribution in [3.63, 3.8) is 0 Å². The van der Waals surface area contributed by atoms with Crippen molar-refractivity contribution in [3.05, 3.63) is 30.1 Å². The summed E-state index contributed by atoms with van der Waals surface area (Å²) >= 11 is 0. The number of hydrogen-bond donors (Lipinski definition) is 1. The highest BCUT2D eigenvalue weighted by atomic mass is 127. The summed E-state index contributed by atoms with van der Waals surface area (Å²) in [5.41, 5.74) is 1.04. The lowest BCUT2D eigenvalue weighted by atomic mass is 10.2. The van der Waals surface area contributed by atoms with Crippen molar-refractivity contribution in [1.29, 1.82) is 0 Å². The molecule has 0 bridgehead atoms. The number of carbonyl (C=O) groups excluding carboxylic acids is 1. The normalized spacial score (nSPS) is 14.7. The van der Waals surface area contributed by atoms with E-state index in [9.17, 15) is 9.18 Å². The molecule has 1 aliphatic rings. The zero-order valence-electron chi connectivity index (χ0n) is 15.7. The van der Waals surface area contributed by atoms with E-state index in [4.69, 9.17) is 0 Å². The molecule has 1 fully saturated rings. The van der Waals surface area contributed by atoms with Gasteiger partial charge in [0.1, 0.15) is 5.82 Å². The molecule has 0 aliphatic carbocycles. The van der Waals surface area contributed by atoms with Crippen LogP contribution in [0.25, 0.3) is 0 Å². The van der Waals surface area contributed by atoms with E-state index < -0.39 is 0 Å². The monoisotopic (exact) mass is 477 g/mol. The van der Waals surface area contributed by atoms with Gasteiger partial charge in [0.15, 0.2) is 5.96 Å². The van der Waals surface area contributed by atoms with Gasteiger partial charge in [-0.25, -0.2) is 4.39 Å². The van der Waals surface area contributed by atoms with E-state index in [1.807, 2.05) is 19.1 Å². The number of nitrogens with zero attached hydrogens (tertiary/aromatic N) is 4. The summed E-state index contributed by atoms with van der Waals surface area (Å²) in [6.45, 7) is 6.69. The molecule has 0 aromatic heterocycles. The van der Waals surface area contributed by atoms with E-state index in [-0.39, 0.29) is 35.7 Å². The molecule has 1 heterocycles. The fourth-order valence-corrected chi connectivity index (χ4v) is 2.74. The zero-order chi connectivity index (χ0) is 18.2. The summed E-state index contributed by atoms with van der Waals surface area (Å²) < 4.78 is 13.1. The third-order valence-electron chi connectivity index (χ3n) is 4.19. The number of aliphatic imine (C=N–C) groups is 1. The molecule has 1 amide bonds. The summed E-state index contributed by atoms with van der Waals surface area (Å²) in [5.74, 6) is 0.727. The van der Waals surface area contributed by atoms with Crippen molar-refractivity contribution in [2.24, 2.45) is 4.99 Å². The number of amides is 1. The van der Waals surface area contributed by atoms with Crippen LogP contribution in [0.15, 0.2) is 29.3 Å². The summed E-state index contributed by atoms with van der Waals surface area (Å²) in [4.78, 5) is 22.3. The van der Waals surface area contributed by atoms with Crippen LogP contribution in [0.2, 0.25) is 0 Å². The average Bonchev–Trinajstić information content (AvgIpc) is 2.61. The molecular formula is C18H29FIN5O. The second-order valence-electron chi connectivity index (χ2n) is 6.22. The van der Waals surface area contributed by atoms with Gasteiger partial charge in [-0.1, -0.05) is 0 Å². The van der Waals surface area contributed by atoms with Gasteiger partial charge in [0.25, 0.3) is 0 Å². The third-order valence-corrected chi connectivity index (χ3v) is 4.19. The minimum Gasteiger partial charge on any atom is -0.368 e. The molecule has 6 nitrogen and oxygen atoms in total. The first-order chi connectivity index (χ1) is 12.0. The maximum atomic E-state index is 13.1. The van der Waals surface area contributed by atoms with Gasteiger partial charge in [-0.15, -0.1) is 24.0 Å². The molecule has 8 heteroatoms. The molecule has 1 saturated heterocycles. The highest BCUT2D eigenvalue weighted by Crippen LogP contribution is 2.16. The lowest BCUT2D eigenvalue weighted by molar-refractivity contribution is -0.128. The Bertz CT molecular complexity index is 586. The zero-order valence-corrected chi connectivity index (χ0v) is 18.1. The van der Waals surface area contributed by atoms with E-state index >= 15 is 0 Å². The van der Waals surface area contributed by atoms with Gasteiger partial charge in [0.05, 0.1) is 6.54 Å². The SMILES string of the molecule is CCNC(=NCCC(=O)N(C)C)N1CCN(c2ccc(F)cc2)CC1.I. The smallest absolute Gasteiger partial charge is 0.223 e. The van der Waals surface area contributed by atoms with E-state index in [1.54, 1.807) is 19.0 Å². The van der Waals surface area contributed by atoms with Crippen LogP contribution >= 0.6 is 24.0 Å². The van der Waals surface area contributed by atoms with Crippen LogP contribution < -0.4 is 10.2 Å². The molecule has 2 rings (SSSR count). The maximum Gasteiger partial charge on any atom is 0.223 e. The second kappa shape index (κ2) is 11.2. The quantitative estimate of drug-likeness (QED) is 0.401. The predicted octanol–water partition coefficient (Wildman–Crippen LogP) is 2.01. The lowest BCUT2D eigenvalue weighted by Crippen LogP contribution is -2.52. The van der Waals surface area contributed by atoms with Gasteiger partial charge in [0, 0.05) is 58.9 Å². The Morgan fingerprint density at radius 3 is 2.35 bits per heavy atom. The lowest BCUT2D eigenvalue weighted by Gasteiger charge is -2.37. The Morgan fingerprint density at radius 1 is 1.19 bits per heavy atom. The van der Waals surface area contributed by atoms with Crippen molar-refractivity contribution >= 4 is 41.5 Å². The number of hydrogen-bond acceptors (Lipinski definition) is 3. The van der Waals surface area contributed by atoms with Gasteiger partial charge in [-0.3, -0.25) is 9.79 Å². The first-order valence-corrected chi connectivity index (χ1v) is 8.75. The van der Waals surface area contributed by atoms with Crippen LogP contribution in [0.3, 0.4) is 0 Å². The van der Waals surface area contributed by atoms with Crippen molar-refractivity contribution in [3.8, 4) is 0 Å². The van der Waals surface area contributed by atoms with Crippen LogP contribution in [0.1, 0.15) is 13.3 Å². The molecule has 0 atom stereocenters. The highest BCUT2D eigenvalue weighted by Gasteiger charge is 2.20. The van der Waals surface area contributed by atoms with Crippen LogP contribution in [-0.4, -0.2) is 75.0 Å². The molecule has 146 valence electrons. The molecule has 1 N–H and O–H groups in total. The molecule has 1 aromatic rings. The topological polar surface area (TPSA) is 51.2 Å². The summed E-state index contributed by atoms with van der Waals surface area (Å²) in [6, 6.07) is 6.62. The molecule has 1 aliphatic heterocycles. The highest BCUT2D eigenvalue weighted by molar-refractivity contribution is 14.0. The van der Waals surface area contributed by atoms with Crippen molar-refractivity contribution in [2.75, 3.05) is 58.3 Å². The number of halogens is 2. The van der Waals surface area contributed by atoms with Crippen LogP contribution in [0.4, 0.5) is 10.1 Å². The number of carbonyl (C=O) groups is 1.